The molecule has 1 aliphatic heterocycles. The molecule has 1 N–H and O–H groups in total. The Morgan fingerprint density at radius 1 is 1.06 bits per heavy atom. The van der Waals surface area contributed by atoms with Crippen LogP contribution in [0.4, 0.5) is 0 Å². The van der Waals surface area contributed by atoms with Gasteiger partial charge in [0.25, 0.3) is 5.91 Å². The number of hydrogen-bond donors (Lipinski definition) is 1. The Morgan fingerprint density at radius 2 is 1.84 bits per heavy atom. The van der Waals surface area contributed by atoms with Crippen molar-refractivity contribution in [1.29, 1.82) is 0 Å². The number of nitrogens with one attached hydrogen (secondary N) is 1. The molecule has 0 aliphatic carbocycles. The molecule has 3 aromatic rings. The number of rotatable bonds is 7. The van der Waals surface area contributed by atoms with Crippen LogP contribution in [0.1, 0.15) is 21.8 Å². The fourth-order valence-corrected chi connectivity index (χ4v) is 3.13. The summed E-state index contributed by atoms with van der Waals surface area (Å²) < 4.78 is 21.7. The van der Waals surface area contributed by atoms with Crippen molar-refractivity contribution in [3.63, 3.8) is 0 Å². The highest BCUT2D eigenvalue weighted by atomic mass is 16.6. The molecule has 2 heterocycles. The number of carbonyl (C=O) groups excluding carboxylic acids is 2. The maximum atomic E-state index is 12.3. The summed E-state index contributed by atoms with van der Waals surface area (Å²) in [6.45, 7) is 2.70. The van der Waals surface area contributed by atoms with Gasteiger partial charge in [0.2, 0.25) is 5.89 Å². The fraction of sp³-hybridized carbons (Fsp3) is 0.261. The summed E-state index contributed by atoms with van der Waals surface area (Å²) in [6, 6.07) is 14.9. The van der Waals surface area contributed by atoms with E-state index in [9.17, 15) is 9.59 Å². The van der Waals surface area contributed by atoms with Crippen molar-refractivity contribution in [2.45, 2.75) is 13.3 Å². The van der Waals surface area contributed by atoms with Gasteiger partial charge in [-0.3, -0.25) is 4.79 Å². The molecule has 160 valence electrons. The third-order valence-corrected chi connectivity index (χ3v) is 4.69. The lowest BCUT2D eigenvalue weighted by Gasteiger charge is -2.18. The molecule has 0 spiro atoms. The maximum absolute atomic E-state index is 12.3. The van der Waals surface area contributed by atoms with Gasteiger partial charge in [-0.05, 0) is 43.2 Å². The van der Waals surface area contributed by atoms with E-state index in [4.69, 9.17) is 18.6 Å². The first-order chi connectivity index (χ1) is 15.1. The molecule has 31 heavy (non-hydrogen) atoms. The van der Waals surface area contributed by atoms with Crippen molar-refractivity contribution >= 4 is 11.9 Å². The summed E-state index contributed by atoms with van der Waals surface area (Å²) >= 11 is 0. The van der Waals surface area contributed by atoms with Crippen LogP contribution in [0, 0.1) is 6.92 Å². The molecule has 4 rings (SSSR count). The topological polar surface area (TPSA) is 99.9 Å². The largest absolute Gasteiger partial charge is 0.486 e. The Bertz CT molecular complexity index is 1080. The maximum Gasteiger partial charge on any atom is 0.361 e. The van der Waals surface area contributed by atoms with Gasteiger partial charge in [-0.1, -0.05) is 24.3 Å². The number of fused-ring (bicyclic) bond motifs is 1. The van der Waals surface area contributed by atoms with Gasteiger partial charge in [-0.25, -0.2) is 9.78 Å². The summed E-state index contributed by atoms with van der Waals surface area (Å²) in [5.74, 6) is 1.00. The van der Waals surface area contributed by atoms with E-state index in [0.29, 0.717) is 43.6 Å². The van der Waals surface area contributed by atoms with Crippen molar-refractivity contribution in [2.24, 2.45) is 0 Å². The van der Waals surface area contributed by atoms with E-state index in [1.54, 1.807) is 6.92 Å². The van der Waals surface area contributed by atoms with Crippen LogP contribution in [0.2, 0.25) is 0 Å². The van der Waals surface area contributed by atoms with Crippen LogP contribution in [0.15, 0.2) is 52.9 Å². The molecule has 0 atom stereocenters. The molecule has 0 radical (unpaired) electrons. The van der Waals surface area contributed by atoms with Crippen LogP contribution < -0.4 is 14.8 Å². The van der Waals surface area contributed by atoms with Crippen LogP contribution in [-0.2, 0) is 16.0 Å². The minimum atomic E-state index is -0.703. The second kappa shape index (κ2) is 9.34. The number of amides is 1. The Balaban J connectivity index is 1.24. The first kappa shape index (κ1) is 20.5. The van der Waals surface area contributed by atoms with E-state index >= 15 is 0 Å². The summed E-state index contributed by atoms with van der Waals surface area (Å²) in [4.78, 5) is 28.5. The third-order valence-electron chi connectivity index (χ3n) is 4.69. The highest BCUT2D eigenvalue weighted by Crippen LogP contribution is 2.30. The summed E-state index contributed by atoms with van der Waals surface area (Å²) in [7, 11) is 0. The van der Waals surface area contributed by atoms with E-state index in [1.807, 2.05) is 48.5 Å². The summed E-state index contributed by atoms with van der Waals surface area (Å²) in [6.07, 6.45) is 0.610. The lowest BCUT2D eigenvalue weighted by Crippen LogP contribution is -2.30. The van der Waals surface area contributed by atoms with Crippen LogP contribution in [-0.4, -0.2) is 43.2 Å². The lowest BCUT2D eigenvalue weighted by molar-refractivity contribution is -0.124. The molecule has 2 aromatic carbocycles. The minimum absolute atomic E-state index is 0.0583. The van der Waals surface area contributed by atoms with Crippen LogP contribution in [0.3, 0.4) is 0 Å². The fourth-order valence-electron chi connectivity index (χ4n) is 3.13. The molecule has 0 saturated heterocycles. The zero-order chi connectivity index (χ0) is 21.6. The van der Waals surface area contributed by atoms with E-state index in [2.05, 4.69) is 10.3 Å². The van der Waals surface area contributed by atoms with Crippen molar-refractivity contribution < 1.29 is 28.2 Å². The lowest BCUT2D eigenvalue weighted by atomic mass is 10.1. The first-order valence-electron chi connectivity index (χ1n) is 9.95. The van der Waals surface area contributed by atoms with Gasteiger partial charge >= 0.3 is 5.97 Å². The molecule has 0 bridgehead atoms. The third kappa shape index (κ3) is 5.03. The predicted octanol–water partition coefficient (Wildman–Crippen LogP) is 2.94. The quantitative estimate of drug-likeness (QED) is 0.585. The molecule has 0 unspecified atom stereocenters. The molecule has 1 amide bonds. The van der Waals surface area contributed by atoms with E-state index in [1.165, 1.54) is 0 Å². The molecular formula is C23H22N2O6. The number of esters is 1. The zero-order valence-corrected chi connectivity index (χ0v) is 17.1. The Hall–Kier alpha value is -3.81. The normalized spacial score (nSPS) is 12.3. The number of benzene rings is 2. The van der Waals surface area contributed by atoms with Crippen molar-refractivity contribution in [3.05, 3.63) is 65.5 Å². The first-order valence-corrected chi connectivity index (χ1v) is 9.95. The van der Waals surface area contributed by atoms with Gasteiger partial charge in [0.15, 0.2) is 23.8 Å². The summed E-state index contributed by atoms with van der Waals surface area (Å²) in [5.41, 5.74) is 1.82. The second-order valence-electron chi connectivity index (χ2n) is 6.94. The second-order valence-corrected chi connectivity index (χ2v) is 6.94. The smallest absolute Gasteiger partial charge is 0.361 e. The van der Waals surface area contributed by atoms with Crippen molar-refractivity contribution in [1.82, 2.24) is 10.3 Å². The monoisotopic (exact) mass is 422 g/mol. The van der Waals surface area contributed by atoms with Crippen LogP contribution in [0.5, 0.6) is 11.5 Å². The van der Waals surface area contributed by atoms with Crippen LogP contribution in [0.25, 0.3) is 11.5 Å². The number of carbonyl (C=O) groups is 2. The van der Waals surface area contributed by atoms with Gasteiger partial charge in [0.1, 0.15) is 19.0 Å². The van der Waals surface area contributed by atoms with Crippen molar-refractivity contribution in [2.75, 3.05) is 26.4 Å². The number of oxazole rings is 1. The molecule has 1 aliphatic rings. The Labute approximate surface area is 179 Å². The molecule has 0 saturated carbocycles. The highest BCUT2D eigenvalue weighted by Gasteiger charge is 2.20. The number of aryl methyl sites for hydroxylation is 1. The van der Waals surface area contributed by atoms with Crippen molar-refractivity contribution in [3.8, 4) is 23.0 Å². The Kier molecular flexibility index (Phi) is 6.16. The van der Waals surface area contributed by atoms with E-state index in [0.717, 1.165) is 16.9 Å². The van der Waals surface area contributed by atoms with E-state index < -0.39 is 18.5 Å². The van der Waals surface area contributed by atoms with Gasteiger partial charge in [-0.2, -0.15) is 0 Å². The number of nitrogens with zero attached hydrogens (tertiary/aromatic N) is 1. The standard InChI is InChI=1S/C23H22N2O6/c1-15-21(25-22(31-15)17-5-3-2-4-6-17)23(27)30-14-20(26)24-10-9-16-7-8-18-19(13-16)29-12-11-28-18/h2-8,13H,9-12,14H2,1H3,(H,24,26). The number of hydrogen-bond acceptors (Lipinski definition) is 7. The SMILES string of the molecule is Cc1oc(-c2ccccc2)nc1C(=O)OCC(=O)NCCc1ccc2c(c1)OCCO2. The molecular weight excluding hydrogens is 400 g/mol. The van der Waals surface area contributed by atoms with Gasteiger partial charge in [0.05, 0.1) is 0 Å². The summed E-state index contributed by atoms with van der Waals surface area (Å²) in [5, 5.41) is 2.73. The minimum Gasteiger partial charge on any atom is -0.486 e. The Morgan fingerprint density at radius 3 is 2.65 bits per heavy atom. The van der Waals surface area contributed by atoms with E-state index in [-0.39, 0.29) is 5.69 Å². The molecule has 0 fully saturated rings. The average Bonchev–Trinajstić information content (AvgIpc) is 3.20. The zero-order valence-electron chi connectivity index (χ0n) is 17.1. The van der Waals surface area contributed by atoms with Gasteiger partial charge < -0.3 is 23.9 Å². The van der Waals surface area contributed by atoms with Gasteiger partial charge in [0, 0.05) is 12.1 Å². The van der Waals surface area contributed by atoms with Crippen LogP contribution >= 0.6 is 0 Å². The molecule has 8 heteroatoms. The van der Waals surface area contributed by atoms with Gasteiger partial charge in [-0.15, -0.1) is 0 Å². The molecule has 1 aromatic heterocycles. The highest BCUT2D eigenvalue weighted by molar-refractivity contribution is 5.90. The molecule has 8 nitrogen and oxygen atoms in total. The number of ether oxygens (including phenoxy) is 3. The predicted molar refractivity (Wildman–Crippen MR) is 111 cm³/mol. The average molecular weight is 422 g/mol. The number of aromatic nitrogens is 1.